The molecule has 0 spiro atoms. The van der Waals surface area contributed by atoms with Crippen molar-refractivity contribution in [2.45, 2.75) is 49.6 Å². The van der Waals surface area contributed by atoms with Gasteiger partial charge in [0.25, 0.3) is 0 Å². The van der Waals surface area contributed by atoms with E-state index in [1.54, 1.807) is 0 Å². The van der Waals surface area contributed by atoms with Gasteiger partial charge in [-0.2, -0.15) is 0 Å². The molecule has 2 heterocycles. The molecule has 178 valence electrons. The van der Waals surface area contributed by atoms with Crippen molar-refractivity contribution in [1.82, 2.24) is 20.1 Å². The van der Waals surface area contributed by atoms with E-state index >= 15 is 0 Å². The van der Waals surface area contributed by atoms with Gasteiger partial charge in [0.05, 0.1) is 30.2 Å². The van der Waals surface area contributed by atoms with E-state index in [0.29, 0.717) is 13.2 Å². The Morgan fingerprint density at radius 2 is 1.97 bits per heavy atom. The largest absolute Gasteiger partial charge is 0.378 e. The maximum Gasteiger partial charge on any atom is 0.233 e. The Morgan fingerprint density at radius 1 is 1.15 bits per heavy atom. The normalized spacial score (nSPS) is 18.9. The predicted octanol–water partition coefficient (Wildman–Crippen LogP) is 4.09. The van der Waals surface area contributed by atoms with E-state index in [9.17, 15) is 4.79 Å². The molecule has 1 aliphatic carbocycles. The van der Waals surface area contributed by atoms with Gasteiger partial charge >= 0.3 is 0 Å². The summed E-state index contributed by atoms with van der Waals surface area (Å²) in [6, 6.07) is 16.8. The summed E-state index contributed by atoms with van der Waals surface area (Å²) in [5.41, 5.74) is 4.75. The van der Waals surface area contributed by atoms with Crippen molar-refractivity contribution in [3.8, 4) is 5.69 Å². The van der Waals surface area contributed by atoms with E-state index in [1.807, 2.05) is 13.0 Å². The molecule has 7 nitrogen and oxygen atoms in total. The average Bonchev–Trinajstić information content (AvgIpc) is 3.28. The van der Waals surface area contributed by atoms with Crippen LogP contribution in [0, 0.1) is 6.92 Å². The lowest BCUT2D eigenvalue weighted by Gasteiger charge is -2.28. The van der Waals surface area contributed by atoms with Gasteiger partial charge in [-0.25, -0.2) is 0 Å². The summed E-state index contributed by atoms with van der Waals surface area (Å²) in [6.07, 6.45) is 3.14. The van der Waals surface area contributed by atoms with E-state index < -0.39 is 0 Å². The Bertz CT molecular complexity index is 1160. The number of morpholine rings is 1. The minimum Gasteiger partial charge on any atom is -0.378 e. The third kappa shape index (κ3) is 4.83. The zero-order valence-electron chi connectivity index (χ0n) is 19.7. The van der Waals surface area contributed by atoms with Crippen molar-refractivity contribution in [2.24, 2.45) is 0 Å². The summed E-state index contributed by atoms with van der Waals surface area (Å²) in [6.45, 7) is 6.90. The Balaban J connectivity index is 1.37. The number of amides is 1. The highest BCUT2D eigenvalue weighted by molar-refractivity contribution is 8.00. The molecule has 34 heavy (non-hydrogen) atoms. The average molecular weight is 478 g/mol. The van der Waals surface area contributed by atoms with E-state index in [0.717, 1.165) is 54.7 Å². The maximum atomic E-state index is 13.2. The molecule has 2 atom stereocenters. The van der Waals surface area contributed by atoms with Gasteiger partial charge < -0.3 is 15.0 Å². The summed E-state index contributed by atoms with van der Waals surface area (Å²) in [5.74, 6) is 0.823. The molecule has 2 aromatic carbocycles. The van der Waals surface area contributed by atoms with E-state index in [-0.39, 0.29) is 17.2 Å². The van der Waals surface area contributed by atoms with Crippen LogP contribution >= 0.6 is 11.8 Å². The van der Waals surface area contributed by atoms with Crippen LogP contribution in [0.25, 0.3) is 5.69 Å². The fourth-order valence-corrected chi connectivity index (χ4v) is 5.58. The molecule has 1 N–H and O–H groups in total. The van der Waals surface area contributed by atoms with Gasteiger partial charge in [-0.1, -0.05) is 48.2 Å². The highest BCUT2D eigenvalue weighted by Gasteiger charge is 2.27. The van der Waals surface area contributed by atoms with Gasteiger partial charge in [0.1, 0.15) is 0 Å². The Labute approximate surface area is 204 Å². The minimum atomic E-state index is -0.306. The SMILES string of the molecule is Cc1cccc(-n2c(SC(C)C(=O)NC3CCCc4ccccc43)nnc2N2CCOCC2)c1. The lowest BCUT2D eigenvalue weighted by atomic mass is 9.88. The van der Waals surface area contributed by atoms with Crippen LogP contribution in [-0.4, -0.2) is 52.2 Å². The first-order chi connectivity index (χ1) is 16.6. The number of hydrogen-bond acceptors (Lipinski definition) is 6. The van der Waals surface area contributed by atoms with Crippen LogP contribution in [0.1, 0.15) is 42.5 Å². The number of fused-ring (bicyclic) bond motifs is 1. The smallest absolute Gasteiger partial charge is 0.233 e. The second-order valence-corrected chi connectivity index (χ2v) is 10.3. The first-order valence-corrected chi connectivity index (χ1v) is 12.9. The van der Waals surface area contributed by atoms with Gasteiger partial charge in [0.2, 0.25) is 11.9 Å². The maximum absolute atomic E-state index is 13.2. The third-order valence-corrected chi connectivity index (χ3v) is 7.55. The van der Waals surface area contributed by atoms with E-state index in [2.05, 4.69) is 74.4 Å². The molecule has 2 aliphatic rings. The summed E-state index contributed by atoms with van der Waals surface area (Å²) in [5, 5.41) is 12.8. The molecule has 3 aromatic rings. The number of carbonyl (C=O) groups excluding carboxylic acids is 1. The number of hydrogen-bond donors (Lipinski definition) is 1. The van der Waals surface area contributed by atoms with E-state index in [1.165, 1.54) is 22.9 Å². The molecule has 5 rings (SSSR count). The van der Waals surface area contributed by atoms with Crippen molar-refractivity contribution in [2.75, 3.05) is 31.2 Å². The molecule has 0 bridgehead atoms. The minimum absolute atomic E-state index is 0.0263. The molecule has 0 radical (unpaired) electrons. The first-order valence-electron chi connectivity index (χ1n) is 12.0. The molecular weight excluding hydrogens is 446 g/mol. The second-order valence-electron chi connectivity index (χ2n) is 8.97. The van der Waals surface area contributed by atoms with Crippen LogP contribution in [0.4, 0.5) is 5.95 Å². The number of anilines is 1. The van der Waals surface area contributed by atoms with Crippen molar-refractivity contribution in [3.63, 3.8) is 0 Å². The number of aryl methyl sites for hydroxylation is 2. The van der Waals surface area contributed by atoms with Crippen molar-refractivity contribution in [3.05, 3.63) is 65.2 Å². The molecular formula is C26H31N5O2S. The second kappa shape index (κ2) is 10.2. The van der Waals surface area contributed by atoms with E-state index in [4.69, 9.17) is 4.74 Å². The number of nitrogens with zero attached hydrogens (tertiary/aromatic N) is 4. The van der Waals surface area contributed by atoms with Gasteiger partial charge in [-0.3, -0.25) is 9.36 Å². The standard InChI is InChI=1S/C26H31N5O2S/c1-18-7-5-10-21(17-18)31-25(30-13-15-33-16-14-30)28-29-26(31)34-19(2)24(32)27-23-12-6-9-20-8-3-4-11-22(20)23/h3-5,7-8,10-11,17,19,23H,6,9,12-16H2,1-2H3,(H,27,32). The zero-order chi connectivity index (χ0) is 23.5. The lowest BCUT2D eigenvalue weighted by Crippen LogP contribution is -2.38. The van der Waals surface area contributed by atoms with Gasteiger partial charge in [0.15, 0.2) is 5.16 Å². The molecule has 1 saturated heterocycles. The number of thioether (sulfide) groups is 1. The molecule has 1 amide bonds. The summed E-state index contributed by atoms with van der Waals surface area (Å²) >= 11 is 1.45. The van der Waals surface area contributed by atoms with Crippen LogP contribution in [-0.2, 0) is 16.0 Å². The number of carbonyl (C=O) groups is 1. The lowest BCUT2D eigenvalue weighted by molar-refractivity contribution is -0.121. The number of ether oxygens (including phenoxy) is 1. The summed E-state index contributed by atoms with van der Waals surface area (Å²) < 4.78 is 7.60. The predicted molar refractivity (Wildman–Crippen MR) is 135 cm³/mol. The highest BCUT2D eigenvalue weighted by Crippen LogP contribution is 2.32. The monoisotopic (exact) mass is 477 g/mol. The van der Waals surface area contributed by atoms with Crippen LogP contribution in [0.3, 0.4) is 0 Å². The number of rotatable bonds is 6. The van der Waals surface area contributed by atoms with Crippen LogP contribution in [0.2, 0.25) is 0 Å². The quantitative estimate of drug-likeness (QED) is 0.539. The first kappa shape index (κ1) is 22.9. The van der Waals surface area contributed by atoms with Crippen molar-refractivity contribution < 1.29 is 9.53 Å². The van der Waals surface area contributed by atoms with Crippen LogP contribution in [0.5, 0.6) is 0 Å². The summed E-state index contributed by atoms with van der Waals surface area (Å²) in [4.78, 5) is 15.4. The van der Waals surface area contributed by atoms with Gasteiger partial charge in [0, 0.05) is 13.1 Å². The topological polar surface area (TPSA) is 72.3 Å². The fourth-order valence-electron chi connectivity index (χ4n) is 4.70. The van der Waals surface area contributed by atoms with Crippen LogP contribution < -0.4 is 10.2 Å². The van der Waals surface area contributed by atoms with Gasteiger partial charge in [-0.15, -0.1) is 10.2 Å². The number of aromatic nitrogens is 3. The van der Waals surface area contributed by atoms with Crippen molar-refractivity contribution in [1.29, 1.82) is 0 Å². The Kier molecular flexibility index (Phi) is 6.87. The Morgan fingerprint density at radius 3 is 2.79 bits per heavy atom. The molecule has 1 aromatic heterocycles. The molecule has 2 unspecified atom stereocenters. The highest BCUT2D eigenvalue weighted by atomic mass is 32.2. The number of nitrogens with one attached hydrogen (secondary N) is 1. The number of benzene rings is 2. The summed E-state index contributed by atoms with van der Waals surface area (Å²) in [7, 11) is 0. The Hall–Kier alpha value is -2.84. The van der Waals surface area contributed by atoms with Crippen molar-refractivity contribution >= 4 is 23.6 Å². The fraction of sp³-hybridized carbons (Fsp3) is 0.423. The third-order valence-electron chi connectivity index (χ3n) is 6.51. The molecule has 1 fully saturated rings. The van der Waals surface area contributed by atoms with Crippen LogP contribution in [0.15, 0.2) is 53.7 Å². The zero-order valence-corrected chi connectivity index (χ0v) is 20.6. The molecule has 8 heteroatoms. The molecule has 0 saturated carbocycles. The van der Waals surface area contributed by atoms with Gasteiger partial charge in [-0.05, 0) is 61.9 Å². The molecule has 1 aliphatic heterocycles.